The number of likely N-dealkylation sites (tertiary alicyclic amines) is 1. The molecule has 2 aliphatic rings. The highest BCUT2D eigenvalue weighted by Gasteiger charge is 2.44. The number of hydrogen-bond donors (Lipinski definition) is 5. The summed E-state index contributed by atoms with van der Waals surface area (Å²) in [7, 11) is 1.64. The Morgan fingerprint density at radius 2 is 1.59 bits per heavy atom. The lowest BCUT2D eigenvalue weighted by Crippen LogP contribution is -2.57. The molecule has 81 heavy (non-hydrogen) atoms. The minimum Gasteiger partial charge on any atom is -0.494 e. The SMILES string of the molecule is C=CC(=O)Nc1cccc(-n2c(=O)cc(C)c3cnc(Nc4ccc(N5CCN(CCCCCCCCCCCC(=O)NC(C(=O)N6CC(O)CC6C(=O)NCc6ccc(-c7scnc7C)cc6)C(C)(C)C)CC5)cc4OC)nc32)c1. The Hall–Kier alpha value is -7.48. The van der Waals surface area contributed by atoms with Gasteiger partial charge < -0.3 is 40.9 Å². The summed E-state index contributed by atoms with van der Waals surface area (Å²) in [4.78, 5) is 87.5. The Balaban J connectivity index is 0.703. The number of nitrogens with one attached hydrogen (secondary N) is 4. The lowest BCUT2D eigenvalue weighted by Gasteiger charge is -2.36. The zero-order valence-electron chi connectivity index (χ0n) is 47.8. The van der Waals surface area contributed by atoms with Gasteiger partial charge in [0.25, 0.3) is 5.56 Å². The molecule has 2 saturated heterocycles. The zero-order valence-corrected chi connectivity index (χ0v) is 48.6. The molecule has 3 aromatic heterocycles. The van der Waals surface area contributed by atoms with Crippen LogP contribution in [0.1, 0.15) is 108 Å². The second-order valence-corrected chi connectivity index (χ2v) is 23.2. The number of ether oxygens (including phenoxy) is 1. The van der Waals surface area contributed by atoms with E-state index in [1.54, 1.807) is 55.0 Å². The van der Waals surface area contributed by atoms with Crippen LogP contribution in [0.5, 0.6) is 5.75 Å². The number of aromatic nitrogens is 4. The van der Waals surface area contributed by atoms with Crippen molar-refractivity contribution in [2.24, 2.45) is 5.41 Å². The molecule has 430 valence electrons. The monoisotopic (exact) mass is 1120 g/mol. The number of β-amino-alcohol motifs (C(OH)–C–C–N with tert-alkyl or cyclic N) is 1. The van der Waals surface area contributed by atoms with Gasteiger partial charge in [-0.1, -0.05) is 103 Å². The number of methoxy groups -OCH3 is 1. The number of anilines is 4. The minimum atomic E-state index is -0.841. The summed E-state index contributed by atoms with van der Waals surface area (Å²) in [6.07, 6.45) is 12.4. The van der Waals surface area contributed by atoms with Crippen LogP contribution >= 0.6 is 11.3 Å². The van der Waals surface area contributed by atoms with E-state index in [0.717, 1.165) is 91.4 Å². The fraction of sp³-hybridized carbons (Fsp3) is 0.452. The number of fused-ring (bicyclic) bond motifs is 1. The molecule has 4 amide bonds. The number of rotatable bonds is 25. The van der Waals surface area contributed by atoms with Crippen LogP contribution in [0, 0.1) is 19.3 Å². The molecular weight excluding hydrogens is 1040 g/mol. The molecule has 3 aromatic carbocycles. The van der Waals surface area contributed by atoms with E-state index >= 15 is 0 Å². The highest BCUT2D eigenvalue weighted by atomic mass is 32.1. The van der Waals surface area contributed by atoms with E-state index in [2.05, 4.69) is 53.7 Å². The van der Waals surface area contributed by atoms with Crippen molar-refractivity contribution in [2.45, 2.75) is 130 Å². The summed E-state index contributed by atoms with van der Waals surface area (Å²) in [6.45, 7) is 18.3. The quantitative estimate of drug-likeness (QED) is 0.0267. The molecule has 0 radical (unpaired) electrons. The summed E-state index contributed by atoms with van der Waals surface area (Å²) in [6, 6.07) is 20.9. The second-order valence-electron chi connectivity index (χ2n) is 22.4. The number of unbranched alkanes of at least 4 members (excludes halogenated alkanes) is 8. The van der Waals surface area contributed by atoms with Gasteiger partial charge in [0, 0.05) is 87.2 Å². The van der Waals surface area contributed by atoms with Gasteiger partial charge in [-0.2, -0.15) is 4.98 Å². The number of amides is 4. The van der Waals surface area contributed by atoms with Gasteiger partial charge in [0.1, 0.15) is 17.8 Å². The fourth-order valence-electron chi connectivity index (χ4n) is 10.7. The van der Waals surface area contributed by atoms with Crippen molar-refractivity contribution < 1.29 is 29.0 Å². The predicted octanol–water partition coefficient (Wildman–Crippen LogP) is 9.23. The van der Waals surface area contributed by atoms with Gasteiger partial charge in [0.05, 0.1) is 40.7 Å². The van der Waals surface area contributed by atoms with Crippen molar-refractivity contribution in [3.8, 4) is 21.9 Å². The number of pyridine rings is 1. The van der Waals surface area contributed by atoms with Crippen molar-refractivity contribution in [2.75, 3.05) is 61.9 Å². The minimum absolute atomic E-state index is 0.0387. The van der Waals surface area contributed by atoms with Crippen molar-refractivity contribution in [3.05, 3.63) is 124 Å². The van der Waals surface area contributed by atoms with Crippen LogP contribution in [0.3, 0.4) is 0 Å². The molecule has 2 aliphatic heterocycles. The Morgan fingerprint density at radius 1 is 0.877 bits per heavy atom. The molecule has 8 rings (SSSR count). The second kappa shape index (κ2) is 27.8. The number of nitrogens with zero attached hydrogens (tertiary/aromatic N) is 7. The molecule has 5 heterocycles. The largest absolute Gasteiger partial charge is 0.494 e. The van der Waals surface area contributed by atoms with E-state index in [1.807, 2.05) is 76.5 Å². The lowest BCUT2D eigenvalue weighted by molar-refractivity contribution is -0.144. The molecule has 2 fully saturated rings. The molecule has 0 aliphatic carbocycles. The fourth-order valence-corrected chi connectivity index (χ4v) is 11.5. The smallest absolute Gasteiger partial charge is 0.257 e. The van der Waals surface area contributed by atoms with Gasteiger partial charge in [-0.25, -0.2) is 9.97 Å². The predicted molar refractivity (Wildman–Crippen MR) is 321 cm³/mol. The van der Waals surface area contributed by atoms with Gasteiger partial charge in [-0.05, 0) is 91.7 Å². The number of hydrogen-bond acceptors (Lipinski definition) is 14. The first kappa shape index (κ1) is 59.6. The number of carbonyl (C=O) groups excluding carboxylic acids is 4. The number of thiazole rings is 1. The third-order valence-electron chi connectivity index (χ3n) is 15.3. The van der Waals surface area contributed by atoms with Gasteiger partial charge in [0.2, 0.25) is 29.6 Å². The first-order valence-corrected chi connectivity index (χ1v) is 29.3. The molecule has 6 aromatic rings. The van der Waals surface area contributed by atoms with E-state index in [9.17, 15) is 29.1 Å². The summed E-state index contributed by atoms with van der Waals surface area (Å²) in [5.41, 5.74) is 7.91. The van der Waals surface area contributed by atoms with Crippen LogP contribution in [0.15, 0.2) is 102 Å². The van der Waals surface area contributed by atoms with Gasteiger partial charge in [-0.15, -0.1) is 11.3 Å². The van der Waals surface area contributed by atoms with E-state index in [4.69, 9.17) is 9.72 Å². The maximum atomic E-state index is 14.1. The maximum Gasteiger partial charge on any atom is 0.257 e. The normalized spacial score (nSPS) is 16.0. The molecule has 3 unspecified atom stereocenters. The van der Waals surface area contributed by atoms with Crippen molar-refractivity contribution in [3.63, 3.8) is 0 Å². The number of piperazine rings is 1. The molecule has 18 nitrogen and oxygen atoms in total. The average Bonchev–Trinajstić information content (AvgIpc) is 4.20. The van der Waals surface area contributed by atoms with Crippen LogP contribution in [0.2, 0.25) is 0 Å². The third kappa shape index (κ3) is 15.7. The highest BCUT2D eigenvalue weighted by molar-refractivity contribution is 7.13. The Bertz CT molecular complexity index is 3220. The standard InChI is InChI=1S/C62H79N11O7S/c1-8-53(75)66-45-19-18-20-47(34-45)73-55(77)33-41(2)49-38-64-61(69-58(49)73)67-50-27-26-46(35-52(50)80-7)71-31-29-70(30-32-71)28-17-15-13-11-9-10-12-14-16-21-54(76)68-57(62(4,5)6)60(79)72-39-48(74)36-51(72)59(78)63-37-43-22-24-44(25-23-43)56-42(3)65-40-81-56/h8,18-20,22-27,33-35,38,40,48,51,57,74H,1,9-17,21,28-32,36-37,39H2,2-7H3,(H,63,78)(H,66,75)(H,68,76)(H,64,67,69). The number of aliphatic hydroxyl groups excluding tert-OH is 1. The molecule has 3 atom stereocenters. The van der Waals surface area contributed by atoms with Crippen molar-refractivity contribution in [1.29, 1.82) is 0 Å². The Kier molecular flexibility index (Phi) is 20.5. The van der Waals surface area contributed by atoms with E-state index < -0.39 is 23.6 Å². The van der Waals surface area contributed by atoms with Crippen LogP contribution in [-0.4, -0.2) is 123 Å². The van der Waals surface area contributed by atoms with Crippen molar-refractivity contribution in [1.82, 2.24) is 40.0 Å². The van der Waals surface area contributed by atoms with Crippen LogP contribution in [0.25, 0.3) is 27.2 Å². The van der Waals surface area contributed by atoms with E-state index in [0.29, 0.717) is 46.2 Å². The molecule has 0 bridgehead atoms. The summed E-state index contributed by atoms with van der Waals surface area (Å²) in [5.74, 6) is -0.263. The van der Waals surface area contributed by atoms with Crippen LogP contribution in [0.4, 0.5) is 23.0 Å². The maximum absolute atomic E-state index is 14.1. The number of benzene rings is 3. The third-order valence-corrected chi connectivity index (χ3v) is 16.3. The van der Waals surface area contributed by atoms with Crippen molar-refractivity contribution >= 4 is 69.0 Å². The van der Waals surface area contributed by atoms with Gasteiger partial charge in [-0.3, -0.25) is 33.4 Å². The number of aliphatic hydroxyl groups is 1. The topological polar surface area (TPSA) is 216 Å². The summed E-state index contributed by atoms with van der Waals surface area (Å²) >= 11 is 1.59. The lowest BCUT2D eigenvalue weighted by atomic mass is 9.85. The first-order chi connectivity index (χ1) is 39.0. The first-order valence-electron chi connectivity index (χ1n) is 28.4. The zero-order chi connectivity index (χ0) is 57.6. The van der Waals surface area contributed by atoms with E-state index in [1.165, 1.54) is 47.6 Å². The molecule has 19 heteroatoms. The van der Waals surface area contributed by atoms with Crippen LogP contribution < -0.4 is 36.5 Å². The summed E-state index contributed by atoms with van der Waals surface area (Å²) < 4.78 is 7.36. The highest BCUT2D eigenvalue weighted by Crippen LogP contribution is 2.34. The summed E-state index contributed by atoms with van der Waals surface area (Å²) in [5, 5.41) is 23.4. The molecule has 0 spiro atoms. The number of carbonyl (C=O) groups is 4. The Labute approximate surface area is 479 Å². The van der Waals surface area contributed by atoms with E-state index in [-0.39, 0.29) is 48.7 Å². The molecular formula is C62H79N11O7S. The van der Waals surface area contributed by atoms with Gasteiger partial charge in [0.15, 0.2) is 5.65 Å². The Morgan fingerprint density at radius 3 is 2.27 bits per heavy atom. The van der Waals surface area contributed by atoms with Gasteiger partial charge >= 0.3 is 0 Å². The van der Waals surface area contributed by atoms with Crippen LogP contribution in [-0.2, 0) is 25.7 Å². The number of aryl methyl sites for hydroxylation is 2. The molecule has 0 saturated carbocycles. The average molecular weight is 1120 g/mol. The molecule has 5 N–H and O–H groups in total.